The zero-order valence-electron chi connectivity index (χ0n) is 17.1. The van der Waals surface area contributed by atoms with E-state index < -0.39 is 42.2 Å². The maximum atomic E-state index is 12.3. The van der Waals surface area contributed by atoms with Gasteiger partial charge in [-0.15, -0.1) is 0 Å². The highest BCUT2D eigenvalue weighted by Gasteiger charge is 2.56. The average Bonchev–Trinajstić information content (AvgIpc) is 3.10. The maximum absolute atomic E-state index is 12.3. The first-order valence-electron chi connectivity index (χ1n) is 9.29. The first-order valence-corrected chi connectivity index (χ1v) is 9.29. The third-order valence-corrected chi connectivity index (χ3v) is 4.33. The number of fused-ring (bicyclic) bond motifs is 1. The van der Waals surface area contributed by atoms with Crippen LogP contribution >= 0.6 is 0 Å². The Kier molecular flexibility index (Phi) is 5.86. The highest BCUT2D eigenvalue weighted by atomic mass is 16.8. The van der Waals surface area contributed by atoms with E-state index in [1.54, 1.807) is 13.8 Å². The van der Waals surface area contributed by atoms with Crippen LogP contribution in [0.5, 0.6) is 0 Å². The molecule has 0 aromatic carbocycles. The molecule has 162 valence electrons. The fraction of sp³-hybridized carbons (Fsp3) is 0.722. The molecule has 0 spiro atoms. The van der Waals surface area contributed by atoms with Crippen LogP contribution in [0.3, 0.4) is 0 Å². The van der Waals surface area contributed by atoms with Gasteiger partial charge in [-0.1, -0.05) is 20.8 Å². The maximum Gasteiger partial charge on any atom is 0.508 e. The molecule has 11 nitrogen and oxygen atoms in total. The van der Waals surface area contributed by atoms with Crippen LogP contribution in [0.25, 0.3) is 0 Å². The summed E-state index contributed by atoms with van der Waals surface area (Å²) in [5.74, 6) is -0.891. The quantitative estimate of drug-likeness (QED) is 0.543. The van der Waals surface area contributed by atoms with E-state index in [1.165, 1.54) is 16.8 Å². The fourth-order valence-electron chi connectivity index (χ4n) is 3.15. The first kappa shape index (κ1) is 21.5. The number of aromatic nitrogens is 2. The second-order valence-corrected chi connectivity index (χ2v) is 8.65. The number of carbonyl (C=O) groups excluding carboxylic acids is 1. The average molecular weight is 413 g/mol. The molecule has 2 N–H and O–H groups in total. The summed E-state index contributed by atoms with van der Waals surface area (Å²) < 4.78 is 29.2. The van der Waals surface area contributed by atoms with E-state index in [0.29, 0.717) is 0 Å². The van der Waals surface area contributed by atoms with Crippen molar-refractivity contribution in [3.63, 3.8) is 0 Å². The third kappa shape index (κ3) is 5.04. The Balaban J connectivity index is 1.71. The summed E-state index contributed by atoms with van der Waals surface area (Å²) >= 11 is 0. The second kappa shape index (κ2) is 7.90. The molecule has 3 rings (SSSR count). The lowest BCUT2D eigenvalue weighted by atomic mass is 9.99. The van der Waals surface area contributed by atoms with Crippen LogP contribution in [0.2, 0.25) is 0 Å². The van der Waals surface area contributed by atoms with Gasteiger partial charge in [0.25, 0.3) is 0 Å². The molecule has 11 heteroatoms. The van der Waals surface area contributed by atoms with E-state index in [1.807, 2.05) is 26.3 Å². The molecular weight excluding hydrogens is 386 g/mol. The number of ether oxygens (including phenoxy) is 5. The molecule has 1 aromatic rings. The Morgan fingerprint density at radius 1 is 1.31 bits per heavy atom. The topological polar surface area (TPSA) is 130 Å². The van der Waals surface area contributed by atoms with E-state index in [9.17, 15) is 9.59 Å². The predicted molar refractivity (Wildman–Crippen MR) is 98.4 cm³/mol. The van der Waals surface area contributed by atoms with Crippen LogP contribution in [0.4, 0.5) is 10.6 Å². The summed E-state index contributed by atoms with van der Waals surface area (Å²) in [7, 11) is 0. The summed E-state index contributed by atoms with van der Waals surface area (Å²) in [6.07, 6.45) is -2.07. The molecule has 2 fully saturated rings. The van der Waals surface area contributed by atoms with Gasteiger partial charge in [-0.2, -0.15) is 4.98 Å². The molecule has 0 saturated carbocycles. The summed E-state index contributed by atoms with van der Waals surface area (Å²) in [6.45, 7) is 9.39. The van der Waals surface area contributed by atoms with Gasteiger partial charge in [-0.3, -0.25) is 15.3 Å². The minimum atomic E-state index is -0.897. The van der Waals surface area contributed by atoms with Crippen molar-refractivity contribution in [3.8, 4) is 0 Å². The Labute approximate surface area is 167 Å². The fourth-order valence-corrected chi connectivity index (χ4v) is 3.15. The van der Waals surface area contributed by atoms with Crippen molar-refractivity contribution in [2.24, 2.45) is 5.41 Å². The minimum absolute atomic E-state index is 0.00574. The number of nitrogens with zero attached hydrogens (tertiary/aromatic N) is 2. The smallest absolute Gasteiger partial charge is 0.434 e. The van der Waals surface area contributed by atoms with Crippen molar-refractivity contribution in [1.29, 1.82) is 0 Å². The third-order valence-electron chi connectivity index (χ3n) is 4.33. The number of rotatable bonds is 5. The number of anilines is 1. The molecule has 0 radical (unpaired) electrons. The van der Waals surface area contributed by atoms with Gasteiger partial charge in [0.05, 0.1) is 6.61 Å². The van der Waals surface area contributed by atoms with Crippen molar-refractivity contribution in [2.45, 2.75) is 64.9 Å². The monoisotopic (exact) mass is 413 g/mol. The van der Waals surface area contributed by atoms with Gasteiger partial charge in [0, 0.05) is 6.20 Å². The number of nitrogens with one attached hydrogen (secondary N) is 1. The zero-order valence-corrected chi connectivity index (χ0v) is 17.1. The van der Waals surface area contributed by atoms with E-state index in [4.69, 9.17) is 28.9 Å². The Hall–Kier alpha value is -2.21. The molecule has 3 heterocycles. The molecule has 1 aromatic heterocycles. The lowest BCUT2D eigenvalue weighted by Crippen LogP contribution is -2.34. The largest absolute Gasteiger partial charge is 0.508 e. The number of hydrogen-bond donors (Lipinski definition) is 2. The number of hydrogen-bond acceptors (Lipinski definition) is 10. The van der Waals surface area contributed by atoms with Gasteiger partial charge in [0.15, 0.2) is 17.8 Å². The van der Waals surface area contributed by atoms with Gasteiger partial charge in [0.1, 0.15) is 24.9 Å². The molecule has 0 amide bonds. The first-order chi connectivity index (χ1) is 13.5. The lowest BCUT2D eigenvalue weighted by Gasteiger charge is -2.24. The second-order valence-electron chi connectivity index (χ2n) is 8.65. The van der Waals surface area contributed by atoms with Gasteiger partial charge in [-0.25, -0.2) is 9.59 Å². The normalized spacial score (nSPS) is 28.1. The molecule has 4 atom stereocenters. The molecule has 0 bridgehead atoms. The molecule has 0 unspecified atom stereocenters. The van der Waals surface area contributed by atoms with Crippen molar-refractivity contribution in [1.82, 2.24) is 9.55 Å². The summed E-state index contributed by atoms with van der Waals surface area (Å²) in [5, 5.41) is 8.90. The molecule has 0 aliphatic carbocycles. The van der Waals surface area contributed by atoms with Gasteiger partial charge >= 0.3 is 11.8 Å². The van der Waals surface area contributed by atoms with Gasteiger partial charge < -0.3 is 23.7 Å². The number of carbonyl (C=O) groups is 1. The zero-order chi connectivity index (χ0) is 21.4. The van der Waals surface area contributed by atoms with E-state index in [0.717, 1.165) is 0 Å². The van der Waals surface area contributed by atoms with Crippen molar-refractivity contribution >= 4 is 12.0 Å². The Morgan fingerprint density at radius 3 is 2.62 bits per heavy atom. The summed E-state index contributed by atoms with van der Waals surface area (Å²) in [4.78, 5) is 27.9. The van der Waals surface area contributed by atoms with Crippen LogP contribution in [0, 0.1) is 5.41 Å². The van der Waals surface area contributed by atoms with Crippen LogP contribution < -0.4 is 11.2 Å². The highest BCUT2D eigenvalue weighted by Crippen LogP contribution is 2.42. The van der Waals surface area contributed by atoms with E-state index in [-0.39, 0.29) is 24.4 Å². The SMILES string of the molecule is CC(C)(C)COC(=O)OC[C@H]1O[C@@H](n2ccc(NO)nc2=O)[C@@H]2OC(C)(C)O[C@@H]21. The van der Waals surface area contributed by atoms with Crippen LogP contribution in [-0.2, 0) is 23.7 Å². The van der Waals surface area contributed by atoms with Crippen molar-refractivity contribution in [2.75, 3.05) is 18.7 Å². The highest BCUT2D eigenvalue weighted by molar-refractivity contribution is 5.59. The molecule has 2 saturated heterocycles. The van der Waals surface area contributed by atoms with E-state index in [2.05, 4.69) is 4.98 Å². The van der Waals surface area contributed by atoms with Crippen molar-refractivity contribution in [3.05, 3.63) is 22.7 Å². The standard InChI is InChI=1S/C18H27N3O8/c1-17(2,3)9-26-16(23)25-8-10-12-13(29-18(4,5)28-12)14(27-10)21-7-6-11(20-24)19-15(21)22/h6-7,10,12-14,24H,8-9H2,1-5H3,(H,19,20,22)/t10-,12-,13-,14-/m1/s1. The molecular formula is C18H27N3O8. The van der Waals surface area contributed by atoms with Crippen LogP contribution in [-0.4, -0.2) is 58.2 Å². The van der Waals surface area contributed by atoms with Gasteiger partial charge in [-0.05, 0) is 25.3 Å². The summed E-state index contributed by atoms with van der Waals surface area (Å²) in [5.41, 5.74) is 0.985. The predicted octanol–water partition coefficient (Wildman–Crippen LogP) is 1.66. The molecule has 29 heavy (non-hydrogen) atoms. The Bertz CT molecular complexity index is 803. The van der Waals surface area contributed by atoms with E-state index >= 15 is 0 Å². The van der Waals surface area contributed by atoms with Gasteiger partial charge in [0.2, 0.25) is 0 Å². The van der Waals surface area contributed by atoms with Crippen LogP contribution in [0.1, 0.15) is 40.8 Å². The summed E-state index contributed by atoms with van der Waals surface area (Å²) in [6, 6.07) is 1.41. The Morgan fingerprint density at radius 2 is 2.00 bits per heavy atom. The molecule has 2 aliphatic rings. The lowest BCUT2D eigenvalue weighted by molar-refractivity contribution is -0.201. The van der Waals surface area contributed by atoms with Crippen molar-refractivity contribution < 1.29 is 33.7 Å². The minimum Gasteiger partial charge on any atom is -0.434 e. The molecule has 2 aliphatic heterocycles. The van der Waals surface area contributed by atoms with Crippen LogP contribution in [0.15, 0.2) is 17.1 Å².